The molecule has 3 fully saturated rings. The third-order valence-corrected chi connectivity index (χ3v) is 5.23. The predicted octanol–water partition coefficient (Wildman–Crippen LogP) is 1.01. The summed E-state index contributed by atoms with van der Waals surface area (Å²) in [4.78, 5) is 15.0. The van der Waals surface area contributed by atoms with Crippen LogP contribution in [0.3, 0.4) is 0 Å². The first kappa shape index (κ1) is 12.4. The van der Waals surface area contributed by atoms with E-state index in [1.54, 1.807) is 7.11 Å². The van der Waals surface area contributed by atoms with E-state index in [9.17, 15) is 4.79 Å². The van der Waals surface area contributed by atoms with Crippen LogP contribution in [0.15, 0.2) is 0 Å². The standard InChI is InChI=1S/C14H24N2O2/c1-18-12-5-7-16(9-12)13(17)14-6-3-2-4-11(14)8-15-10-14/h11-12,15H,2-10H2,1H3/t11-,12+,14+/m0/s1. The fraction of sp³-hybridized carbons (Fsp3) is 0.929. The number of methoxy groups -OCH3 is 1. The molecule has 0 aromatic rings. The van der Waals surface area contributed by atoms with Gasteiger partial charge in [-0.15, -0.1) is 0 Å². The first-order valence-electron chi connectivity index (χ1n) is 7.29. The third kappa shape index (κ3) is 1.86. The first-order valence-corrected chi connectivity index (χ1v) is 7.29. The molecule has 4 nitrogen and oxygen atoms in total. The Morgan fingerprint density at radius 2 is 2.28 bits per heavy atom. The van der Waals surface area contributed by atoms with Gasteiger partial charge in [-0.1, -0.05) is 12.8 Å². The normalized spacial score (nSPS) is 39.9. The van der Waals surface area contributed by atoms with Gasteiger partial charge >= 0.3 is 0 Å². The number of hydrogen-bond acceptors (Lipinski definition) is 3. The van der Waals surface area contributed by atoms with Crippen LogP contribution in [0.2, 0.25) is 0 Å². The van der Waals surface area contributed by atoms with E-state index in [0.29, 0.717) is 11.8 Å². The van der Waals surface area contributed by atoms with Crippen molar-refractivity contribution in [2.24, 2.45) is 11.3 Å². The second-order valence-electron chi connectivity index (χ2n) is 6.13. The molecule has 4 heteroatoms. The van der Waals surface area contributed by atoms with Crippen LogP contribution in [0, 0.1) is 11.3 Å². The van der Waals surface area contributed by atoms with Crippen LogP contribution in [0.25, 0.3) is 0 Å². The summed E-state index contributed by atoms with van der Waals surface area (Å²) in [6.45, 7) is 3.60. The highest BCUT2D eigenvalue weighted by molar-refractivity contribution is 5.84. The number of rotatable bonds is 2. The first-order chi connectivity index (χ1) is 8.76. The van der Waals surface area contributed by atoms with E-state index in [1.165, 1.54) is 19.3 Å². The Morgan fingerprint density at radius 3 is 3.06 bits per heavy atom. The lowest BCUT2D eigenvalue weighted by Gasteiger charge is -2.39. The van der Waals surface area contributed by atoms with Gasteiger partial charge in [0.1, 0.15) is 0 Å². The Balaban J connectivity index is 1.74. The van der Waals surface area contributed by atoms with E-state index < -0.39 is 0 Å². The van der Waals surface area contributed by atoms with Crippen molar-refractivity contribution in [3.63, 3.8) is 0 Å². The number of nitrogens with zero attached hydrogens (tertiary/aromatic N) is 1. The van der Waals surface area contributed by atoms with Crippen LogP contribution in [0.5, 0.6) is 0 Å². The summed E-state index contributed by atoms with van der Waals surface area (Å²) in [6, 6.07) is 0. The molecule has 0 aromatic heterocycles. The highest BCUT2D eigenvalue weighted by Crippen LogP contribution is 2.45. The van der Waals surface area contributed by atoms with Crippen molar-refractivity contribution in [1.82, 2.24) is 10.2 Å². The van der Waals surface area contributed by atoms with E-state index >= 15 is 0 Å². The minimum atomic E-state index is -0.0825. The monoisotopic (exact) mass is 252 g/mol. The molecule has 1 saturated carbocycles. The number of hydrogen-bond donors (Lipinski definition) is 1. The van der Waals surface area contributed by atoms with Crippen LogP contribution < -0.4 is 5.32 Å². The summed E-state index contributed by atoms with van der Waals surface area (Å²) >= 11 is 0. The second-order valence-corrected chi connectivity index (χ2v) is 6.13. The zero-order valence-corrected chi connectivity index (χ0v) is 11.3. The van der Waals surface area contributed by atoms with Gasteiger partial charge in [-0.3, -0.25) is 4.79 Å². The van der Waals surface area contributed by atoms with Crippen LogP contribution >= 0.6 is 0 Å². The van der Waals surface area contributed by atoms with Gasteiger partial charge in [0.05, 0.1) is 11.5 Å². The molecule has 0 spiro atoms. The number of nitrogens with one attached hydrogen (secondary N) is 1. The van der Waals surface area contributed by atoms with Crippen molar-refractivity contribution in [2.75, 3.05) is 33.3 Å². The number of ether oxygens (including phenoxy) is 1. The van der Waals surface area contributed by atoms with Gasteiger partial charge in [0.15, 0.2) is 0 Å². The largest absolute Gasteiger partial charge is 0.380 e. The summed E-state index contributed by atoms with van der Waals surface area (Å²) in [7, 11) is 1.75. The predicted molar refractivity (Wildman–Crippen MR) is 69.3 cm³/mol. The molecule has 0 unspecified atom stereocenters. The second kappa shape index (κ2) is 4.82. The van der Waals surface area contributed by atoms with Crippen molar-refractivity contribution < 1.29 is 9.53 Å². The number of carbonyl (C=O) groups is 1. The van der Waals surface area contributed by atoms with Crippen molar-refractivity contribution in [2.45, 2.75) is 38.2 Å². The summed E-state index contributed by atoms with van der Waals surface area (Å²) in [5.41, 5.74) is -0.0825. The highest BCUT2D eigenvalue weighted by atomic mass is 16.5. The molecule has 0 bridgehead atoms. The summed E-state index contributed by atoms with van der Waals surface area (Å²) in [6.07, 6.45) is 6.06. The van der Waals surface area contributed by atoms with Gasteiger partial charge in [0, 0.05) is 26.7 Å². The van der Waals surface area contributed by atoms with E-state index in [1.807, 2.05) is 0 Å². The maximum absolute atomic E-state index is 12.9. The number of amides is 1. The summed E-state index contributed by atoms with van der Waals surface area (Å²) in [5, 5.41) is 3.46. The molecule has 0 radical (unpaired) electrons. The zero-order chi connectivity index (χ0) is 12.6. The molecule has 1 amide bonds. The average molecular weight is 252 g/mol. The highest BCUT2D eigenvalue weighted by Gasteiger charge is 2.52. The van der Waals surface area contributed by atoms with Gasteiger partial charge in [0.2, 0.25) is 5.91 Å². The molecule has 3 aliphatic rings. The van der Waals surface area contributed by atoms with Crippen molar-refractivity contribution in [1.29, 1.82) is 0 Å². The number of likely N-dealkylation sites (tertiary alicyclic amines) is 1. The fourth-order valence-electron chi connectivity index (χ4n) is 4.09. The van der Waals surface area contributed by atoms with Gasteiger partial charge in [-0.2, -0.15) is 0 Å². The molecule has 3 rings (SSSR count). The lowest BCUT2D eigenvalue weighted by molar-refractivity contribution is -0.144. The van der Waals surface area contributed by atoms with Crippen LogP contribution in [-0.4, -0.2) is 50.2 Å². The molecular formula is C14H24N2O2. The van der Waals surface area contributed by atoms with E-state index in [4.69, 9.17) is 4.74 Å². The SMILES string of the molecule is CO[C@@H]1CCN(C(=O)[C@@]23CCCC[C@H]2CNC3)C1. The van der Waals surface area contributed by atoms with E-state index in [2.05, 4.69) is 10.2 Å². The van der Waals surface area contributed by atoms with Crippen molar-refractivity contribution in [3.8, 4) is 0 Å². The van der Waals surface area contributed by atoms with Crippen molar-refractivity contribution in [3.05, 3.63) is 0 Å². The molecular weight excluding hydrogens is 228 g/mol. The molecule has 1 aliphatic carbocycles. The van der Waals surface area contributed by atoms with Gasteiger partial charge in [-0.25, -0.2) is 0 Å². The quantitative estimate of drug-likeness (QED) is 0.797. The Morgan fingerprint density at radius 1 is 1.39 bits per heavy atom. The van der Waals surface area contributed by atoms with Gasteiger partial charge in [0.25, 0.3) is 0 Å². The minimum absolute atomic E-state index is 0.0825. The lowest BCUT2D eigenvalue weighted by Crippen LogP contribution is -2.49. The Kier molecular flexibility index (Phi) is 3.32. The molecule has 2 aliphatic heterocycles. The third-order valence-electron chi connectivity index (χ3n) is 5.23. The maximum Gasteiger partial charge on any atom is 0.230 e. The Bertz CT molecular complexity index is 334. The molecule has 18 heavy (non-hydrogen) atoms. The maximum atomic E-state index is 12.9. The van der Waals surface area contributed by atoms with E-state index in [-0.39, 0.29) is 11.5 Å². The molecule has 0 aromatic carbocycles. The fourth-order valence-corrected chi connectivity index (χ4v) is 4.09. The summed E-state index contributed by atoms with van der Waals surface area (Å²) in [5.74, 6) is 0.970. The minimum Gasteiger partial charge on any atom is -0.380 e. The van der Waals surface area contributed by atoms with Crippen LogP contribution in [0.4, 0.5) is 0 Å². The van der Waals surface area contributed by atoms with Gasteiger partial charge in [-0.05, 0) is 31.7 Å². The molecule has 102 valence electrons. The topological polar surface area (TPSA) is 41.6 Å². The summed E-state index contributed by atoms with van der Waals surface area (Å²) < 4.78 is 5.38. The smallest absolute Gasteiger partial charge is 0.230 e. The Hall–Kier alpha value is -0.610. The van der Waals surface area contributed by atoms with E-state index in [0.717, 1.165) is 39.0 Å². The average Bonchev–Trinajstić information content (AvgIpc) is 3.05. The number of fused-ring (bicyclic) bond motifs is 1. The zero-order valence-electron chi connectivity index (χ0n) is 11.3. The number of carbonyl (C=O) groups excluding carboxylic acids is 1. The lowest BCUT2D eigenvalue weighted by atomic mass is 9.67. The van der Waals surface area contributed by atoms with Crippen LogP contribution in [-0.2, 0) is 9.53 Å². The van der Waals surface area contributed by atoms with Crippen molar-refractivity contribution >= 4 is 5.91 Å². The molecule has 1 N–H and O–H groups in total. The van der Waals surface area contributed by atoms with Gasteiger partial charge < -0.3 is 15.0 Å². The van der Waals surface area contributed by atoms with Crippen LogP contribution in [0.1, 0.15) is 32.1 Å². The molecule has 2 heterocycles. The molecule has 2 saturated heterocycles. The molecule has 3 atom stereocenters. The Labute approximate surface area is 109 Å².